The molecule has 2 heterocycles. The summed E-state index contributed by atoms with van der Waals surface area (Å²) in [4.78, 5) is 5.16. The van der Waals surface area contributed by atoms with Crippen LogP contribution in [-0.2, 0) is 0 Å². The molecule has 0 aliphatic heterocycles. The molecule has 2 aromatic carbocycles. The summed E-state index contributed by atoms with van der Waals surface area (Å²) in [7, 11) is -0.551. The van der Waals surface area contributed by atoms with Crippen LogP contribution >= 0.6 is 14.5 Å². The van der Waals surface area contributed by atoms with Crippen molar-refractivity contribution in [2.24, 2.45) is 4.99 Å². The minimum Gasteiger partial charge on any atom is -0.258 e. The van der Waals surface area contributed by atoms with Crippen molar-refractivity contribution in [3.8, 4) is 11.4 Å². The molecule has 2 atom stereocenters. The van der Waals surface area contributed by atoms with E-state index in [1.807, 2.05) is 0 Å². The van der Waals surface area contributed by atoms with Gasteiger partial charge in [-0.2, -0.15) is 0 Å². The van der Waals surface area contributed by atoms with Crippen LogP contribution in [-0.4, -0.2) is 14.0 Å². The number of rotatable bonds is 2. The summed E-state index contributed by atoms with van der Waals surface area (Å²) >= 11 is 0. The summed E-state index contributed by atoms with van der Waals surface area (Å²) in [5.41, 5.74) is 8.19. The molecule has 2 aromatic heterocycles. The van der Waals surface area contributed by atoms with Crippen LogP contribution in [0.5, 0.6) is 0 Å². The van der Waals surface area contributed by atoms with Crippen molar-refractivity contribution in [3.63, 3.8) is 0 Å². The Morgan fingerprint density at radius 2 is 1.23 bits per heavy atom. The van der Waals surface area contributed by atoms with Gasteiger partial charge in [0.15, 0.2) is 5.22 Å². The van der Waals surface area contributed by atoms with Crippen LogP contribution in [0, 0.1) is 27.7 Å². The number of benzene rings is 2. The van der Waals surface area contributed by atoms with Crippen LogP contribution in [0.4, 0.5) is 0 Å². The van der Waals surface area contributed by atoms with Crippen LogP contribution in [0.1, 0.15) is 43.0 Å². The number of nitrogens with zero attached hydrogens (tertiary/aromatic N) is 3. The molecule has 3 nitrogen and oxygen atoms in total. The maximum absolute atomic E-state index is 5.16. The van der Waals surface area contributed by atoms with E-state index in [-0.39, 0.29) is 20.0 Å². The monoisotopic (exact) mass is 383 g/mol. The van der Waals surface area contributed by atoms with Crippen LogP contribution < -0.4 is 5.22 Å². The highest BCUT2D eigenvalue weighted by Gasteiger charge is 2.32. The molecule has 0 aliphatic rings. The molecule has 5 heteroatoms. The minimum atomic E-state index is -0.287. The lowest BCUT2D eigenvalue weighted by Crippen LogP contribution is -2.23. The lowest BCUT2D eigenvalue weighted by atomic mass is 10.1. The third-order valence-corrected chi connectivity index (χ3v) is 11.1. The van der Waals surface area contributed by atoms with Gasteiger partial charge in [0.05, 0.1) is 24.1 Å². The Labute approximate surface area is 157 Å². The van der Waals surface area contributed by atoms with Crippen molar-refractivity contribution >= 4 is 14.5 Å². The van der Waals surface area contributed by atoms with E-state index < -0.39 is 0 Å². The fraction of sp³-hybridized carbons (Fsp3) is 0.381. The number of aryl methyl sites for hydroxylation is 4. The second-order valence-electron chi connectivity index (χ2n) is 8.22. The minimum absolute atomic E-state index is 0.0526. The molecule has 4 rings (SSSR count). The van der Waals surface area contributed by atoms with Gasteiger partial charge in [0.2, 0.25) is 0 Å². The normalized spacial score (nSPS) is 14.8. The molecule has 2 unspecified atom stereocenters. The Bertz CT molecular complexity index is 1120. The molecule has 0 radical (unpaired) electrons. The van der Waals surface area contributed by atoms with Gasteiger partial charge in [-0.3, -0.25) is 13.4 Å². The van der Waals surface area contributed by atoms with E-state index in [4.69, 9.17) is 4.99 Å². The molecule has 0 aliphatic carbocycles. The summed E-state index contributed by atoms with van der Waals surface area (Å²) < 4.78 is 5.23. The molecule has 0 saturated heterocycles. The van der Waals surface area contributed by atoms with Gasteiger partial charge in [-0.1, -0.05) is 36.4 Å². The first-order valence-electron chi connectivity index (χ1n) is 9.13. The Morgan fingerprint density at radius 3 is 1.69 bits per heavy atom. The first kappa shape index (κ1) is 17.7. The third kappa shape index (κ3) is 2.70. The third-order valence-electron chi connectivity index (χ3n) is 4.76. The van der Waals surface area contributed by atoms with Gasteiger partial charge < -0.3 is 0 Å². The van der Waals surface area contributed by atoms with Crippen molar-refractivity contribution < 1.29 is 0 Å². The Morgan fingerprint density at radius 1 is 0.769 bits per heavy atom. The van der Waals surface area contributed by atoms with E-state index in [2.05, 4.69) is 93.3 Å². The predicted molar refractivity (Wildman–Crippen MR) is 114 cm³/mol. The number of para-hydroxylation sites is 2. The summed E-state index contributed by atoms with van der Waals surface area (Å²) in [5, 5.41) is 1.30. The smallest absolute Gasteiger partial charge is 0.184 e. The van der Waals surface area contributed by atoms with Crippen molar-refractivity contribution in [3.05, 3.63) is 63.9 Å². The molecule has 26 heavy (non-hydrogen) atoms. The average molecular weight is 383 g/mol. The van der Waals surface area contributed by atoms with E-state index >= 15 is 0 Å². The number of hydrogen-bond acceptors (Lipinski definition) is 1. The van der Waals surface area contributed by atoms with E-state index in [0.29, 0.717) is 0 Å². The maximum Gasteiger partial charge on any atom is 0.184 e. The zero-order valence-corrected chi connectivity index (χ0v) is 18.5. The Kier molecular flexibility index (Phi) is 4.03. The lowest BCUT2D eigenvalue weighted by molar-refractivity contribution is 0.563. The van der Waals surface area contributed by atoms with Gasteiger partial charge in [0, 0.05) is 0 Å². The number of aromatic nitrogens is 2. The standard InChI is InChI=1S/C21H27N3P2/c1-14-10-8-11-15(2)18(14)23-20(22-21(5,6)7)25-24(26(23)25)19-16(3)12-9-13-17(19)4/h8-13H,1-7H3. The Hall–Kier alpha value is -1.69. The highest BCUT2D eigenvalue weighted by atomic mass is 31.9. The topological polar surface area (TPSA) is 22.2 Å². The SMILES string of the molecule is Cc1cccc(C)c1-n1c(=NC(C)(C)C)p2n(-c3c(C)cccc3C)p12. The van der Waals surface area contributed by atoms with Gasteiger partial charge in [-0.15, -0.1) is 0 Å². The molecular formula is C21H27N3P2. The van der Waals surface area contributed by atoms with Crippen LogP contribution in [0.2, 0.25) is 0 Å². The van der Waals surface area contributed by atoms with E-state index in [1.165, 1.54) is 38.8 Å². The van der Waals surface area contributed by atoms with Crippen LogP contribution in [0.15, 0.2) is 41.4 Å². The summed E-state index contributed by atoms with van der Waals surface area (Å²) in [6, 6.07) is 13.2. The van der Waals surface area contributed by atoms with Gasteiger partial charge >= 0.3 is 0 Å². The number of hydrogen-bond donors (Lipinski definition) is 0. The van der Waals surface area contributed by atoms with Crippen molar-refractivity contribution in [1.29, 1.82) is 0 Å². The van der Waals surface area contributed by atoms with Crippen molar-refractivity contribution in [1.82, 2.24) is 8.42 Å². The largest absolute Gasteiger partial charge is 0.258 e. The van der Waals surface area contributed by atoms with Crippen LogP contribution in [0.3, 0.4) is 0 Å². The van der Waals surface area contributed by atoms with Crippen molar-refractivity contribution in [2.45, 2.75) is 54.0 Å². The predicted octanol–water partition coefficient (Wildman–Crippen LogP) is 6.36. The van der Waals surface area contributed by atoms with E-state index in [1.54, 1.807) is 0 Å². The zero-order chi connectivity index (χ0) is 18.8. The Balaban J connectivity index is 2.04. The van der Waals surface area contributed by atoms with Crippen molar-refractivity contribution in [2.75, 3.05) is 0 Å². The summed E-state index contributed by atoms with van der Waals surface area (Å²) in [6.45, 7) is 15.5. The molecule has 0 fully saturated rings. The average Bonchev–Trinajstić information content (AvgIpc) is 3.17. The van der Waals surface area contributed by atoms with E-state index in [9.17, 15) is 0 Å². The molecule has 0 bridgehead atoms. The molecule has 136 valence electrons. The fourth-order valence-corrected chi connectivity index (χ4v) is 11.1. The summed E-state index contributed by atoms with van der Waals surface area (Å²) in [5.74, 6) is 0. The molecule has 0 spiro atoms. The first-order chi connectivity index (χ1) is 12.2. The second kappa shape index (κ2) is 5.91. The highest BCUT2D eigenvalue weighted by Crippen LogP contribution is 2.62. The molecule has 0 saturated carbocycles. The quantitative estimate of drug-likeness (QED) is 0.384. The highest BCUT2D eigenvalue weighted by molar-refractivity contribution is 8.12. The zero-order valence-electron chi connectivity index (χ0n) is 16.7. The second-order valence-corrected chi connectivity index (χ2v) is 13.5. The van der Waals surface area contributed by atoms with Gasteiger partial charge in [-0.25, -0.2) is 0 Å². The first-order valence-corrected chi connectivity index (χ1v) is 12.4. The van der Waals surface area contributed by atoms with Gasteiger partial charge in [-0.05, 0) is 70.7 Å². The lowest BCUT2D eigenvalue weighted by Gasteiger charge is -2.17. The van der Waals surface area contributed by atoms with E-state index in [0.717, 1.165) is 0 Å². The molecule has 4 aromatic rings. The van der Waals surface area contributed by atoms with Gasteiger partial charge in [0.25, 0.3) is 0 Å². The van der Waals surface area contributed by atoms with Gasteiger partial charge in [0.1, 0.15) is 7.33 Å². The number of fused-ring (bicyclic) bond motifs is 1. The summed E-state index contributed by atoms with van der Waals surface area (Å²) in [6.07, 6.45) is 0. The fourth-order valence-electron chi connectivity index (χ4n) is 3.61. The maximum atomic E-state index is 5.16. The molecular weight excluding hydrogens is 356 g/mol. The van der Waals surface area contributed by atoms with Crippen LogP contribution in [0.25, 0.3) is 11.4 Å². The molecule has 0 N–H and O–H groups in total. The molecule has 0 amide bonds.